The molecule has 0 heterocycles. The van der Waals surface area contributed by atoms with Crippen LogP contribution in [0.25, 0.3) is 5.57 Å². The predicted molar refractivity (Wildman–Crippen MR) is 139 cm³/mol. The highest BCUT2D eigenvalue weighted by atomic mass is 32.1. The molecular weight excluding hydrogens is 432 g/mol. The van der Waals surface area contributed by atoms with Crippen molar-refractivity contribution in [1.82, 2.24) is 0 Å². The van der Waals surface area contributed by atoms with Crippen LogP contribution in [0.2, 0.25) is 0 Å². The number of thiol groups is 1. The highest BCUT2D eigenvalue weighted by Crippen LogP contribution is 2.30. The van der Waals surface area contributed by atoms with Crippen LogP contribution in [0.1, 0.15) is 54.5 Å². The molecule has 0 saturated heterocycles. The molecule has 0 spiro atoms. The Morgan fingerprint density at radius 1 is 0.939 bits per heavy atom. The fraction of sp³-hybridized carbons (Fsp3) is 0.429. The second kappa shape index (κ2) is 12.5. The Morgan fingerprint density at radius 3 is 2.18 bits per heavy atom. The van der Waals surface area contributed by atoms with Gasteiger partial charge in [-0.3, -0.25) is 0 Å². The Balaban J connectivity index is 2.16. The highest BCUT2D eigenvalue weighted by Gasteiger charge is 2.32. The minimum atomic E-state index is -1.40. The molecule has 33 heavy (non-hydrogen) atoms. The standard InChI is InChI=1S/C28H38O4S/c1-17-6-10-22(11-7-17)18(2)9-13-25(33)15-24-14-23(12-8-19(24)3)20(4)21(5)27(31)28(32)26(30)16-29/h6-14,20-21,26-33H,15-16H2,1-5H3/b18-9+,25-13-/t20-,21+,26-,27-,28-/m1/s1. The van der Waals surface area contributed by atoms with Crippen molar-refractivity contribution < 1.29 is 20.4 Å². The van der Waals surface area contributed by atoms with Crippen molar-refractivity contribution in [3.8, 4) is 0 Å². The van der Waals surface area contributed by atoms with Crippen LogP contribution in [0.5, 0.6) is 0 Å². The summed E-state index contributed by atoms with van der Waals surface area (Å²) in [7, 11) is 0. The van der Waals surface area contributed by atoms with Gasteiger partial charge >= 0.3 is 0 Å². The zero-order valence-electron chi connectivity index (χ0n) is 20.2. The molecule has 0 fully saturated rings. The molecule has 0 unspecified atom stereocenters. The van der Waals surface area contributed by atoms with Crippen LogP contribution < -0.4 is 0 Å². The summed E-state index contributed by atoms with van der Waals surface area (Å²) in [5.41, 5.74) is 6.95. The molecule has 0 aliphatic heterocycles. The van der Waals surface area contributed by atoms with E-state index in [4.69, 9.17) is 17.7 Å². The third-order valence-corrected chi connectivity index (χ3v) is 6.87. The maximum absolute atomic E-state index is 10.5. The first kappa shape index (κ1) is 27.4. The lowest BCUT2D eigenvalue weighted by molar-refractivity contribution is -0.0949. The van der Waals surface area contributed by atoms with Crippen LogP contribution in [0.15, 0.2) is 59.5 Å². The molecule has 0 saturated carbocycles. The van der Waals surface area contributed by atoms with Crippen LogP contribution in [-0.4, -0.2) is 45.3 Å². The second-order valence-electron chi connectivity index (χ2n) is 9.12. The topological polar surface area (TPSA) is 80.9 Å². The van der Waals surface area contributed by atoms with Gasteiger partial charge in [0, 0.05) is 6.42 Å². The Morgan fingerprint density at radius 2 is 1.58 bits per heavy atom. The van der Waals surface area contributed by atoms with E-state index in [0.29, 0.717) is 6.42 Å². The van der Waals surface area contributed by atoms with Crippen LogP contribution >= 0.6 is 12.6 Å². The summed E-state index contributed by atoms with van der Waals surface area (Å²) >= 11 is 4.70. The quantitative estimate of drug-likeness (QED) is 0.260. The molecule has 0 amide bonds. The fourth-order valence-corrected chi connectivity index (χ4v) is 4.04. The van der Waals surface area contributed by atoms with Gasteiger partial charge in [0.2, 0.25) is 0 Å². The van der Waals surface area contributed by atoms with Crippen molar-refractivity contribution in [2.45, 2.75) is 65.3 Å². The number of aliphatic hydroxyl groups is 4. The fourth-order valence-electron chi connectivity index (χ4n) is 3.80. The third kappa shape index (κ3) is 7.56. The molecule has 2 rings (SSSR count). The minimum Gasteiger partial charge on any atom is -0.394 e. The zero-order valence-corrected chi connectivity index (χ0v) is 21.1. The van der Waals surface area contributed by atoms with Gasteiger partial charge in [0.15, 0.2) is 0 Å². The number of aliphatic hydroxyl groups excluding tert-OH is 4. The van der Waals surface area contributed by atoms with Gasteiger partial charge in [-0.25, -0.2) is 0 Å². The van der Waals surface area contributed by atoms with E-state index >= 15 is 0 Å². The Labute approximate surface area is 203 Å². The molecule has 2 aromatic rings. The second-order valence-corrected chi connectivity index (χ2v) is 9.69. The Bertz CT molecular complexity index is 964. The van der Waals surface area contributed by atoms with Gasteiger partial charge < -0.3 is 20.4 Å². The first-order chi connectivity index (χ1) is 15.5. The van der Waals surface area contributed by atoms with Crippen LogP contribution in [0, 0.1) is 19.8 Å². The zero-order chi connectivity index (χ0) is 24.7. The molecule has 4 N–H and O–H groups in total. The minimum absolute atomic E-state index is 0.0593. The number of aryl methyl sites for hydroxylation is 2. The lowest BCUT2D eigenvalue weighted by Gasteiger charge is -2.31. The maximum Gasteiger partial charge on any atom is 0.108 e. The van der Waals surface area contributed by atoms with E-state index in [-0.39, 0.29) is 11.8 Å². The SMILES string of the molecule is C/C(=C\C=C(/S)Cc1cc([C@H](C)[C@H](C)[C@@H](O)[C@H](O)[C@H](O)CO)ccc1C)c1ccc(C)cc1. The third-order valence-electron chi connectivity index (χ3n) is 6.56. The molecule has 5 atom stereocenters. The lowest BCUT2D eigenvalue weighted by atomic mass is 9.81. The maximum atomic E-state index is 10.5. The van der Waals surface area contributed by atoms with E-state index < -0.39 is 24.9 Å². The van der Waals surface area contributed by atoms with Gasteiger partial charge in [-0.05, 0) is 65.3 Å². The summed E-state index contributed by atoms with van der Waals surface area (Å²) in [5.74, 6) is -0.376. The summed E-state index contributed by atoms with van der Waals surface area (Å²) in [4.78, 5) is 0.948. The van der Waals surface area contributed by atoms with Crippen molar-refractivity contribution in [2.24, 2.45) is 5.92 Å². The molecule has 4 nitrogen and oxygen atoms in total. The molecule has 2 aromatic carbocycles. The van der Waals surface area contributed by atoms with Crippen molar-refractivity contribution >= 4 is 18.2 Å². The van der Waals surface area contributed by atoms with E-state index in [1.165, 1.54) is 16.7 Å². The molecule has 0 aromatic heterocycles. The van der Waals surface area contributed by atoms with Crippen molar-refractivity contribution in [3.63, 3.8) is 0 Å². The average molecular weight is 471 g/mol. The first-order valence-electron chi connectivity index (χ1n) is 11.4. The normalized spacial score (nSPS) is 17.4. The van der Waals surface area contributed by atoms with Crippen molar-refractivity contribution in [1.29, 1.82) is 0 Å². The summed E-state index contributed by atoms with van der Waals surface area (Å²) < 4.78 is 0. The number of allylic oxidation sites excluding steroid dienone is 4. The predicted octanol–water partition coefficient (Wildman–Crippen LogP) is 4.58. The van der Waals surface area contributed by atoms with Gasteiger partial charge in [-0.15, -0.1) is 12.6 Å². The molecule has 0 aliphatic rings. The van der Waals surface area contributed by atoms with Gasteiger partial charge in [-0.2, -0.15) is 0 Å². The molecule has 0 bridgehead atoms. The van der Waals surface area contributed by atoms with Crippen molar-refractivity contribution in [3.05, 3.63) is 87.3 Å². The monoisotopic (exact) mass is 470 g/mol. The van der Waals surface area contributed by atoms with Crippen LogP contribution in [-0.2, 0) is 6.42 Å². The first-order valence-corrected chi connectivity index (χ1v) is 11.9. The van der Waals surface area contributed by atoms with Crippen LogP contribution in [0.4, 0.5) is 0 Å². The largest absolute Gasteiger partial charge is 0.394 e. The summed E-state index contributed by atoms with van der Waals surface area (Å²) in [6, 6.07) is 14.7. The number of benzene rings is 2. The van der Waals surface area contributed by atoms with Gasteiger partial charge in [0.05, 0.1) is 12.7 Å². The van der Waals surface area contributed by atoms with E-state index in [1.54, 1.807) is 0 Å². The van der Waals surface area contributed by atoms with Crippen LogP contribution in [0.3, 0.4) is 0 Å². The summed E-state index contributed by atoms with van der Waals surface area (Å²) in [6.45, 7) is 9.47. The molecule has 180 valence electrons. The molecule has 5 heteroatoms. The van der Waals surface area contributed by atoms with E-state index in [9.17, 15) is 15.3 Å². The van der Waals surface area contributed by atoms with Crippen molar-refractivity contribution in [2.75, 3.05) is 6.61 Å². The van der Waals surface area contributed by atoms with E-state index in [2.05, 4.69) is 63.2 Å². The van der Waals surface area contributed by atoms with E-state index in [1.807, 2.05) is 26.0 Å². The summed E-state index contributed by atoms with van der Waals surface area (Å²) in [5, 5.41) is 39.3. The van der Waals surface area contributed by atoms with Gasteiger partial charge in [-0.1, -0.05) is 74.0 Å². The smallest absolute Gasteiger partial charge is 0.108 e. The Kier molecular flexibility index (Phi) is 10.4. The molecular formula is C28H38O4S. The highest BCUT2D eigenvalue weighted by molar-refractivity contribution is 7.84. The van der Waals surface area contributed by atoms with E-state index in [0.717, 1.165) is 21.6 Å². The lowest BCUT2D eigenvalue weighted by Crippen LogP contribution is -2.43. The Hall–Kier alpha value is -1.89. The number of hydrogen-bond donors (Lipinski definition) is 5. The van der Waals surface area contributed by atoms with Gasteiger partial charge in [0.1, 0.15) is 12.2 Å². The average Bonchev–Trinajstić information content (AvgIpc) is 2.81. The molecule has 0 radical (unpaired) electrons. The summed E-state index contributed by atoms with van der Waals surface area (Å²) in [6.07, 6.45) is 0.899. The number of hydrogen-bond acceptors (Lipinski definition) is 5. The van der Waals surface area contributed by atoms with Gasteiger partial charge in [0.25, 0.3) is 0 Å². The molecule has 0 aliphatic carbocycles. The number of rotatable bonds is 10.